The third-order valence-corrected chi connectivity index (χ3v) is 1.85. The van der Waals surface area contributed by atoms with Crippen LogP contribution in [0.1, 0.15) is 0 Å². The summed E-state index contributed by atoms with van der Waals surface area (Å²) >= 11 is 0. The van der Waals surface area contributed by atoms with E-state index in [4.69, 9.17) is 5.26 Å². The third kappa shape index (κ3) is 1.49. The molecule has 1 aromatic carbocycles. The first-order valence-corrected chi connectivity index (χ1v) is 4.03. The number of nitriles is 1. The number of hydrogen-bond donors (Lipinski definition) is 0. The highest BCUT2D eigenvalue weighted by atomic mass is 15.6. The lowest BCUT2D eigenvalue weighted by Gasteiger charge is -2.10. The molecule has 0 saturated carbocycles. The molecular formula is C9H8N4. The number of benzene rings is 1. The van der Waals surface area contributed by atoms with Crippen molar-refractivity contribution in [3.05, 3.63) is 30.3 Å². The highest BCUT2D eigenvalue weighted by Crippen LogP contribution is 2.18. The summed E-state index contributed by atoms with van der Waals surface area (Å²) in [5.41, 5.74) is 0.976. The molecular weight excluding hydrogens is 164 g/mol. The Kier molecular flexibility index (Phi) is 1.93. The monoisotopic (exact) mass is 172 g/mol. The first-order chi connectivity index (χ1) is 6.40. The van der Waals surface area contributed by atoms with Crippen molar-refractivity contribution in [2.75, 3.05) is 11.6 Å². The highest BCUT2D eigenvalue weighted by Gasteiger charge is 2.19. The van der Waals surface area contributed by atoms with Crippen molar-refractivity contribution >= 4 is 5.69 Å². The van der Waals surface area contributed by atoms with E-state index >= 15 is 0 Å². The number of rotatable bonds is 1. The Morgan fingerprint density at radius 3 is 2.77 bits per heavy atom. The molecule has 0 fully saturated rings. The summed E-state index contributed by atoms with van der Waals surface area (Å²) in [5.74, 6) is 0. The summed E-state index contributed by atoms with van der Waals surface area (Å²) in [6.45, 7) is 0.556. The summed E-state index contributed by atoms with van der Waals surface area (Å²) in [6.07, 6.45) is 0. The normalized spacial score (nSPS) is 20.2. The zero-order valence-corrected chi connectivity index (χ0v) is 6.96. The molecule has 2 rings (SSSR count). The smallest absolute Gasteiger partial charge is 0.178 e. The molecule has 4 heteroatoms. The molecule has 0 aliphatic carbocycles. The van der Waals surface area contributed by atoms with Gasteiger partial charge in [-0.05, 0) is 12.1 Å². The summed E-state index contributed by atoms with van der Waals surface area (Å²) in [4.78, 5) is 0. The lowest BCUT2D eigenvalue weighted by atomic mass is 10.3. The van der Waals surface area contributed by atoms with Gasteiger partial charge in [-0.3, -0.25) is 0 Å². The van der Waals surface area contributed by atoms with Crippen LogP contribution >= 0.6 is 0 Å². The molecule has 0 radical (unpaired) electrons. The van der Waals surface area contributed by atoms with Crippen LogP contribution in [0, 0.1) is 11.3 Å². The van der Waals surface area contributed by atoms with Gasteiger partial charge in [0.2, 0.25) is 0 Å². The third-order valence-electron chi connectivity index (χ3n) is 1.85. The molecule has 0 saturated heterocycles. The van der Waals surface area contributed by atoms with Crippen LogP contribution < -0.4 is 5.01 Å². The first kappa shape index (κ1) is 7.74. The van der Waals surface area contributed by atoms with Crippen molar-refractivity contribution < 1.29 is 0 Å². The van der Waals surface area contributed by atoms with Crippen LogP contribution in [0.25, 0.3) is 0 Å². The summed E-state index contributed by atoms with van der Waals surface area (Å²) in [5, 5.41) is 18.0. The van der Waals surface area contributed by atoms with Crippen molar-refractivity contribution in [1.82, 2.24) is 0 Å². The van der Waals surface area contributed by atoms with E-state index in [0.717, 1.165) is 5.69 Å². The van der Waals surface area contributed by atoms with Crippen molar-refractivity contribution in [2.45, 2.75) is 6.04 Å². The molecule has 1 heterocycles. The minimum Gasteiger partial charge on any atom is -0.244 e. The Morgan fingerprint density at radius 2 is 2.15 bits per heavy atom. The molecule has 1 aliphatic rings. The standard InChI is InChI=1S/C9H8N4/c10-6-8-7-13(12-11-8)9-4-2-1-3-5-9/h1-5,8H,7H2. The van der Waals surface area contributed by atoms with Crippen LogP contribution in [0.5, 0.6) is 0 Å². The van der Waals surface area contributed by atoms with E-state index in [1.54, 1.807) is 5.01 Å². The molecule has 1 aromatic rings. The van der Waals surface area contributed by atoms with Crippen LogP contribution in [0.3, 0.4) is 0 Å². The van der Waals surface area contributed by atoms with Crippen LogP contribution in [0.2, 0.25) is 0 Å². The zero-order chi connectivity index (χ0) is 9.10. The molecule has 64 valence electrons. The molecule has 0 aromatic heterocycles. The fourth-order valence-corrected chi connectivity index (χ4v) is 1.19. The summed E-state index contributed by atoms with van der Waals surface area (Å²) in [7, 11) is 0. The van der Waals surface area contributed by atoms with Gasteiger partial charge < -0.3 is 0 Å². The van der Waals surface area contributed by atoms with Gasteiger partial charge in [0.1, 0.15) is 0 Å². The van der Waals surface area contributed by atoms with Crippen molar-refractivity contribution in [3.63, 3.8) is 0 Å². The van der Waals surface area contributed by atoms with Crippen LogP contribution in [0.15, 0.2) is 40.7 Å². The molecule has 0 amide bonds. The van der Waals surface area contributed by atoms with E-state index in [-0.39, 0.29) is 6.04 Å². The predicted octanol–water partition coefficient (Wildman–Crippen LogP) is 1.77. The van der Waals surface area contributed by atoms with E-state index in [2.05, 4.69) is 16.4 Å². The van der Waals surface area contributed by atoms with Gasteiger partial charge in [-0.25, -0.2) is 5.01 Å². The molecule has 0 bridgehead atoms. The van der Waals surface area contributed by atoms with Gasteiger partial charge in [0.25, 0.3) is 0 Å². The molecule has 4 nitrogen and oxygen atoms in total. The van der Waals surface area contributed by atoms with Crippen molar-refractivity contribution in [2.24, 2.45) is 10.3 Å². The van der Waals surface area contributed by atoms with Crippen LogP contribution in [-0.4, -0.2) is 12.6 Å². The van der Waals surface area contributed by atoms with Gasteiger partial charge in [-0.1, -0.05) is 23.4 Å². The Hall–Kier alpha value is -1.89. The Balaban J connectivity index is 2.15. The van der Waals surface area contributed by atoms with Crippen molar-refractivity contribution in [1.29, 1.82) is 5.26 Å². The molecule has 1 aliphatic heterocycles. The topological polar surface area (TPSA) is 51.8 Å². The maximum Gasteiger partial charge on any atom is 0.178 e. The van der Waals surface area contributed by atoms with Gasteiger partial charge in [0.15, 0.2) is 6.04 Å². The molecule has 1 atom stereocenters. The van der Waals surface area contributed by atoms with Gasteiger partial charge in [0.05, 0.1) is 18.3 Å². The van der Waals surface area contributed by atoms with E-state index in [1.807, 2.05) is 30.3 Å². The van der Waals surface area contributed by atoms with E-state index < -0.39 is 0 Å². The van der Waals surface area contributed by atoms with E-state index in [9.17, 15) is 0 Å². The van der Waals surface area contributed by atoms with Gasteiger partial charge in [0, 0.05) is 0 Å². The Morgan fingerprint density at radius 1 is 1.38 bits per heavy atom. The minimum atomic E-state index is -0.319. The highest BCUT2D eigenvalue weighted by molar-refractivity contribution is 5.45. The van der Waals surface area contributed by atoms with Gasteiger partial charge in [-0.2, -0.15) is 5.26 Å². The molecule has 13 heavy (non-hydrogen) atoms. The molecule has 1 unspecified atom stereocenters. The maximum absolute atomic E-state index is 8.60. The SMILES string of the molecule is N#CC1CN(c2ccccc2)N=N1. The molecule has 0 spiro atoms. The fourth-order valence-electron chi connectivity index (χ4n) is 1.19. The predicted molar refractivity (Wildman–Crippen MR) is 48.0 cm³/mol. The molecule has 0 N–H and O–H groups in total. The second-order valence-electron chi connectivity index (χ2n) is 2.77. The number of anilines is 1. The number of hydrogen-bond acceptors (Lipinski definition) is 4. The van der Waals surface area contributed by atoms with Crippen LogP contribution in [-0.2, 0) is 0 Å². The lowest BCUT2D eigenvalue weighted by molar-refractivity contribution is 0.877. The maximum atomic E-state index is 8.60. The lowest BCUT2D eigenvalue weighted by Crippen LogP contribution is -2.18. The number of para-hydroxylation sites is 1. The Labute approximate surface area is 76.1 Å². The number of nitrogens with zero attached hydrogens (tertiary/aromatic N) is 4. The van der Waals surface area contributed by atoms with Gasteiger partial charge >= 0.3 is 0 Å². The average molecular weight is 172 g/mol. The first-order valence-electron chi connectivity index (χ1n) is 4.03. The minimum absolute atomic E-state index is 0.319. The second-order valence-corrected chi connectivity index (χ2v) is 2.77. The summed E-state index contributed by atoms with van der Waals surface area (Å²) in [6, 6.07) is 11.4. The van der Waals surface area contributed by atoms with Crippen LogP contribution in [0.4, 0.5) is 5.69 Å². The summed E-state index contributed by atoms with van der Waals surface area (Å²) < 4.78 is 0. The largest absolute Gasteiger partial charge is 0.244 e. The fraction of sp³-hybridized carbons (Fsp3) is 0.222. The quantitative estimate of drug-likeness (QED) is 0.648. The zero-order valence-electron chi connectivity index (χ0n) is 6.96. The Bertz CT molecular complexity index is 352. The van der Waals surface area contributed by atoms with Gasteiger partial charge in [-0.15, -0.1) is 5.11 Å². The second kappa shape index (κ2) is 3.23. The van der Waals surface area contributed by atoms with Crippen molar-refractivity contribution in [3.8, 4) is 6.07 Å². The van der Waals surface area contributed by atoms with E-state index in [0.29, 0.717) is 6.54 Å². The average Bonchev–Trinajstić information content (AvgIpc) is 2.67. The van der Waals surface area contributed by atoms with E-state index in [1.165, 1.54) is 0 Å².